The van der Waals surface area contributed by atoms with Crippen molar-refractivity contribution in [1.29, 1.82) is 0 Å². The molecule has 0 aromatic heterocycles. The zero-order valence-corrected chi connectivity index (χ0v) is 19.3. The maximum absolute atomic E-state index is 12.8. The van der Waals surface area contributed by atoms with Gasteiger partial charge in [-0.05, 0) is 43.5 Å². The van der Waals surface area contributed by atoms with Gasteiger partial charge in [-0.3, -0.25) is 14.5 Å². The largest absolute Gasteiger partial charge is 0.493 e. The van der Waals surface area contributed by atoms with Crippen molar-refractivity contribution in [2.75, 3.05) is 34.5 Å². The molecule has 1 aliphatic heterocycles. The smallest absolute Gasteiger partial charge is 0.305 e. The van der Waals surface area contributed by atoms with Crippen LogP contribution in [0.25, 0.3) is 6.08 Å². The molecule has 0 spiro atoms. The van der Waals surface area contributed by atoms with Crippen molar-refractivity contribution in [3.8, 4) is 17.2 Å². The van der Waals surface area contributed by atoms with E-state index in [1.165, 1.54) is 18.9 Å². The van der Waals surface area contributed by atoms with E-state index in [0.29, 0.717) is 46.0 Å². The lowest BCUT2D eigenvalue weighted by Crippen LogP contribution is -2.29. The summed E-state index contributed by atoms with van der Waals surface area (Å²) in [5.41, 5.74) is 0.749. The zero-order chi connectivity index (χ0) is 22.1. The van der Waals surface area contributed by atoms with Gasteiger partial charge >= 0.3 is 5.97 Å². The number of benzene rings is 1. The summed E-state index contributed by atoms with van der Waals surface area (Å²) in [4.78, 5) is 26.3. The lowest BCUT2D eigenvalue weighted by Gasteiger charge is -2.14. The van der Waals surface area contributed by atoms with Crippen LogP contribution in [0.15, 0.2) is 17.0 Å². The minimum atomic E-state index is -0.184. The zero-order valence-electron chi connectivity index (χ0n) is 17.7. The van der Waals surface area contributed by atoms with Crippen LogP contribution in [0.2, 0.25) is 0 Å². The monoisotopic (exact) mass is 453 g/mol. The van der Waals surface area contributed by atoms with Gasteiger partial charge in [-0.2, -0.15) is 0 Å². The Kier molecular flexibility index (Phi) is 9.45. The fourth-order valence-electron chi connectivity index (χ4n) is 2.98. The predicted octanol–water partition coefficient (Wildman–Crippen LogP) is 4.04. The number of hydrogen-bond donors (Lipinski definition) is 0. The number of nitrogens with zero attached hydrogens (tertiary/aromatic N) is 1. The van der Waals surface area contributed by atoms with E-state index in [-0.39, 0.29) is 11.9 Å². The third kappa shape index (κ3) is 6.12. The van der Waals surface area contributed by atoms with Crippen LogP contribution in [-0.4, -0.2) is 55.6 Å². The second-order valence-electron chi connectivity index (χ2n) is 6.41. The number of unbranched alkanes of at least 4 members (excludes halogenated alkanes) is 2. The van der Waals surface area contributed by atoms with E-state index in [9.17, 15) is 9.59 Å². The molecule has 0 N–H and O–H groups in total. The Morgan fingerprint density at radius 1 is 1.10 bits per heavy atom. The van der Waals surface area contributed by atoms with Crippen LogP contribution < -0.4 is 14.2 Å². The van der Waals surface area contributed by atoms with Crippen LogP contribution in [0.4, 0.5) is 0 Å². The van der Waals surface area contributed by atoms with Crippen molar-refractivity contribution >= 4 is 46.3 Å². The highest BCUT2D eigenvalue weighted by Gasteiger charge is 2.31. The second-order valence-corrected chi connectivity index (χ2v) is 8.08. The molecule has 0 aliphatic carbocycles. The minimum absolute atomic E-state index is 0.121. The summed E-state index contributed by atoms with van der Waals surface area (Å²) in [6.07, 6.45) is 4.48. The maximum Gasteiger partial charge on any atom is 0.305 e. The van der Waals surface area contributed by atoms with Gasteiger partial charge in [0.25, 0.3) is 5.91 Å². The molecular weight excluding hydrogens is 426 g/mol. The molecule has 1 aliphatic rings. The van der Waals surface area contributed by atoms with Crippen molar-refractivity contribution in [1.82, 2.24) is 4.90 Å². The Hall–Kier alpha value is -2.26. The predicted molar refractivity (Wildman–Crippen MR) is 121 cm³/mol. The van der Waals surface area contributed by atoms with Crippen LogP contribution in [0.1, 0.15) is 38.2 Å². The summed E-state index contributed by atoms with van der Waals surface area (Å²) in [7, 11) is 4.63. The topological polar surface area (TPSA) is 74.3 Å². The summed E-state index contributed by atoms with van der Waals surface area (Å²) in [5, 5.41) is 0. The summed E-state index contributed by atoms with van der Waals surface area (Å²) in [6.45, 7) is 2.71. The highest BCUT2D eigenvalue weighted by atomic mass is 32.2. The Labute approximate surface area is 186 Å². The van der Waals surface area contributed by atoms with Gasteiger partial charge in [-0.15, -0.1) is 0 Å². The number of carbonyl (C=O) groups is 2. The first-order valence-corrected chi connectivity index (χ1v) is 10.9. The van der Waals surface area contributed by atoms with E-state index in [1.54, 1.807) is 44.3 Å². The number of thioether (sulfide) groups is 1. The van der Waals surface area contributed by atoms with E-state index in [1.807, 2.05) is 0 Å². The molecular formula is C21H27NO6S2. The van der Waals surface area contributed by atoms with Crippen LogP contribution in [0.3, 0.4) is 0 Å². The fourth-order valence-corrected chi connectivity index (χ4v) is 4.29. The Morgan fingerprint density at radius 3 is 2.33 bits per heavy atom. The van der Waals surface area contributed by atoms with Crippen LogP contribution in [0, 0.1) is 0 Å². The van der Waals surface area contributed by atoms with Crippen LogP contribution in [0.5, 0.6) is 17.2 Å². The lowest BCUT2D eigenvalue weighted by atomic mass is 10.1. The molecule has 164 valence electrons. The van der Waals surface area contributed by atoms with Gasteiger partial charge in [0.1, 0.15) is 4.32 Å². The van der Waals surface area contributed by atoms with Crippen LogP contribution >= 0.6 is 24.0 Å². The normalized spacial score (nSPS) is 14.9. The number of rotatable bonds is 11. The summed E-state index contributed by atoms with van der Waals surface area (Å²) < 4.78 is 21.5. The maximum atomic E-state index is 12.8. The number of carbonyl (C=O) groups excluding carboxylic acids is 2. The summed E-state index contributed by atoms with van der Waals surface area (Å²) in [6, 6.07) is 3.56. The standard InChI is InChI=1S/C21H27NO6S2/c1-5-28-18(23)9-7-6-8-10-22-20(24)17(30-21(22)29)13-14-11-15(25-2)19(27-4)16(12-14)26-3/h11-13H,5-10H2,1-4H3/b17-13-. The van der Waals surface area contributed by atoms with E-state index in [2.05, 4.69) is 0 Å². The number of ether oxygens (including phenoxy) is 4. The molecule has 7 nitrogen and oxygen atoms in total. The molecule has 2 rings (SSSR count). The summed E-state index contributed by atoms with van der Waals surface area (Å²) >= 11 is 6.66. The van der Waals surface area contributed by atoms with Gasteiger partial charge in [-0.1, -0.05) is 30.4 Å². The number of amides is 1. The van der Waals surface area contributed by atoms with Crippen molar-refractivity contribution < 1.29 is 28.5 Å². The van der Waals surface area contributed by atoms with Gasteiger partial charge < -0.3 is 18.9 Å². The molecule has 9 heteroatoms. The van der Waals surface area contributed by atoms with Gasteiger partial charge in [0.2, 0.25) is 5.75 Å². The average Bonchev–Trinajstić information content (AvgIpc) is 2.99. The van der Waals surface area contributed by atoms with Crippen molar-refractivity contribution in [3.05, 3.63) is 22.6 Å². The van der Waals surface area contributed by atoms with E-state index >= 15 is 0 Å². The highest BCUT2D eigenvalue weighted by molar-refractivity contribution is 8.26. The van der Waals surface area contributed by atoms with Gasteiger partial charge in [0.15, 0.2) is 11.5 Å². The van der Waals surface area contributed by atoms with Gasteiger partial charge in [0.05, 0.1) is 32.8 Å². The Balaban J connectivity index is 2.02. The Morgan fingerprint density at radius 2 is 1.77 bits per heavy atom. The fraction of sp³-hybridized carbons (Fsp3) is 0.476. The van der Waals surface area contributed by atoms with E-state index in [0.717, 1.165) is 24.8 Å². The average molecular weight is 454 g/mol. The molecule has 1 fully saturated rings. The van der Waals surface area contributed by atoms with Crippen molar-refractivity contribution in [2.24, 2.45) is 0 Å². The first kappa shape index (κ1) is 24.0. The van der Waals surface area contributed by atoms with E-state index in [4.69, 9.17) is 31.2 Å². The molecule has 0 atom stereocenters. The molecule has 1 aromatic carbocycles. The molecule has 0 saturated carbocycles. The first-order valence-electron chi connectivity index (χ1n) is 9.66. The second kappa shape index (κ2) is 11.8. The molecule has 1 aromatic rings. The lowest BCUT2D eigenvalue weighted by molar-refractivity contribution is -0.143. The third-order valence-corrected chi connectivity index (χ3v) is 5.80. The molecule has 0 radical (unpaired) electrons. The molecule has 0 unspecified atom stereocenters. The molecule has 1 saturated heterocycles. The van der Waals surface area contributed by atoms with Gasteiger partial charge in [0, 0.05) is 13.0 Å². The molecule has 1 heterocycles. The molecule has 0 bridgehead atoms. The number of esters is 1. The van der Waals surface area contributed by atoms with Crippen molar-refractivity contribution in [3.63, 3.8) is 0 Å². The Bertz CT molecular complexity index is 799. The first-order chi connectivity index (χ1) is 14.4. The summed E-state index contributed by atoms with van der Waals surface area (Å²) in [5.74, 6) is 1.22. The van der Waals surface area contributed by atoms with Crippen LogP contribution in [-0.2, 0) is 14.3 Å². The SMILES string of the molecule is CCOC(=O)CCCCCN1C(=O)/C(=C/c2cc(OC)c(OC)c(OC)c2)SC1=S. The highest BCUT2D eigenvalue weighted by Crippen LogP contribution is 2.40. The number of thiocarbonyl (C=S) groups is 1. The molecule has 1 amide bonds. The molecule has 30 heavy (non-hydrogen) atoms. The van der Waals surface area contributed by atoms with Crippen molar-refractivity contribution in [2.45, 2.75) is 32.6 Å². The third-order valence-electron chi connectivity index (χ3n) is 4.43. The minimum Gasteiger partial charge on any atom is -0.493 e. The van der Waals surface area contributed by atoms with E-state index < -0.39 is 0 Å². The quantitative estimate of drug-likeness (QED) is 0.215. The van der Waals surface area contributed by atoms with Gasteiger partial charge in [-0.25, -0.2) is 0 Å². The number of hydrogen-bond acceptors (Lipinski definition) is 8. The number of methoxy groups -OCH3 is 3.